The number of fused-ring (bicyclic) bond motifs is 1. The van der Waals surface area contributed by atoms with Gasteiger partial charge in [-0.2, -0.15) is 0 Å². The molecule has 0 radical (unpaired) electrons. The van der Waals surface area contributed by atoms with E-state index in [1.165, 1.54) is 12.1 Å². The average molecular weight is 496 g/mol. The Kier molecular flexibility index (Phi) is 7.41. The predicted octanol–water partition coefficient (Wildman–Crippen LogP) is 5.46. The molecule has 0 saturated heterocycles. The zero-order valence-electron chi connectivity index (χ0n) is 19.5. The zero-order valence-corrected chi connectivity index (χ0v) is 20.2. The average Bonchev–Trinajstić information content (AvgIpc) is 3.14. The van der Waals surface area contributed by atoms with E-state index < -0.39 is 11.6 Å². The van der Waals surface area contributed by atoms with Crippen molar-refractivity contribution in [2.45, 2.75) is 44.8 Å². The number of carboxylic acids is 1. The highest BCUT2D eigenvalue weighted by atomic mass is 35.5. The molecule has 1 aliphatic heterocycles. The highest BCUT2D eigenvalue weighted by molar-refractivity contribution is 6.30. The van der Waals surface area contributed by atoms with Gasteiger partial charge in [-0.3, -0.25) is 9.59 Å². The molecule has 5 nitrogen and oxygen atoms in total. The number of ether oxygens (including phenoxy) is 1. The summed E-state index contributed by atoms with van der Waals surface area (Å²) in [7, 11) is 0. The molecule has 7 heteroatoms. The molecule has 4 rings (SSSR count). The van der Waals surface area contributed by atoms with E-state index in [2.05, 4.69) is 0 Å². The molecule has 1 unspecified atom stereocenters. The first-order valence-corrected chi connectivity index (χ1v) is 11.9. The van der Waals surface area contributed by atoms with Crippen LogP contribution in [-0.4, -0.2) is 34.0 Å². The number of amides is 1. The number of hydrogen-bond acceptors (Lipinski definition) is 3. The van der Waals surface area contributed by atoms with Crippen LogP contribution in [0.4, 0.5) is 4.39 Å². The summed E-state index contributed by atoms with van der Waals surface area (Å²) in [6.07, 6.45) is 1.35. The number of nitrogens with zero attached hydrogens (tertiary/aromatic N) is 1. The predicted molar refractivity (Wildman–Crippen MR) is 132 cm³/mol. The van der Waals surface area contributed by atoms with Crippen LogP contribution in [-0.2, 0) is 35.4 Å². The smallest absolute Gasteiger partial charge is 0.305 e. The maximum atomic E-state index is 13.2. The molecule has 1 heterocycles. The molecule has 1 amide bonds. The maximum Gasteiger partial charge on any atom is 0.305 e. The van der Waals surface area contributed by atoms with E-state index in [0.717, 1.165) is 28.0 Å². The molecule has 1 aliphatic rings. The summed E-state index contributed by atoms with van der Waals surface area (Å²) in [4.78, 5) is 25.8. The molecule has 0 saturated carbocycles. The van der Waals surface area contributed by atoms with E-state index in [1.807, 2.05) is 37.3 Å². The molecule has 0 bridgehead atoms. The summed E-state index contributed by atoms with van der Waals surface area (Å²) in [5, 5.41) is 9.72. The van der Waals surface area contributed by atoms with Crippen LogP contribution in [0.3, 0.4) is 0 Å². The number of carboxylic acid groups (broad SMARTS) is 1. The lowest BCUT2D eigenvalue weighted by atomic mass is 9.91. The minimum atomic E-state index is -0.950. The van der Waals surface area contributed by atoms with Gasteiger partial charge in [-0.1, -0.05) is 48.0 Å². The first kappa shape index (κ1) is 24.7. The number of rotatable bonds is 9. The molecular formula is C28H27ClFNO4. The fourth-order valence-corrected chi connectivity index (χ4v) is 4.56. The van der Waals surface area contributed by atoms with Crippen molar-refractivity contribution >= 4 is 23.5 Å². The number of hydrogen-bond donors (Lipinski definition) is 1. The first-order chi connectivity index (χ1) is 16.7. The topological polar surface area (TPSA) is 66.8 Å². The van der Waals surface area contributed by atoms with Crippen LogP contribution < -0.4 is 4.74 Å². The number of halogens is 2. The fourth-order valence-electron chi connectivity index (χ4n) is 4.44. The summed E-state index contributed by atoms with van der Waals surface area (Å²) < 4.78 is 19.5. The van der Waals surface area contributed by atoms with Gasteiger partial charge >= 0.3 is 5.97 Å². The van der Waals surface area contributed by atoms with Crippen molar-refractivity contribution in [3.63, 3.8) is 0 Å². The van der Waals surface area contributed by atoms with Gasteiger partial charge in [0.25, 0.3) is 0 Å². The Morgan fingerprint density at radius 3 is 2.37 bits per heavy atom. The number of carbonyl (C=O) groups excluding carboxylic acids is 1. The number of aliphatic carboxylic acids is 1. The lowest BCUT2D eigenvalue weighted by Gasteiger charge is -2.24. The second kappa shape index (κ2) is 10.5. The quantitative estimate of drug-likeness (QED) is 0.428. The van der Waals surface area contributed by atoms with Gasteiger partial charge in [0.15, 0.2) is 0 Å². The van der Waals surface area contributed by atoms with Crippen molar-refractivity contribution in [2.75, 3.05) is 6.54 Å². The Morgan fingerprint density at radius 1 is 1.03 bits per heavy atom. The normalized spacial score (nSPS) is 16.4. The molecule has 0 fully saturated rings. The van der Waals surface area contributed by atoms with Crippen LogP contribution >= 0.6 is 11.6 Å². The number of benzene rings is 3. The van der Waals surface area contributed by atoms with Gasteiger partial charge in [0.1, 0.15) is 17.2 Å². The van der Waals surface area contributed by atoms with E-state index in [-0.39, 0.29) is 31.1 Å². The van der Waals surface area contributed by atoms with Gasteiger partial charge < -0.3 is 14.7 Å². The summed E-state index contributed by atoms with van der Waals surface area (Å²) in [5.74, 6) is -0.574. The summed E-state index contributed by atoms with van der Waals surface area (Å²) in [5.41, 5.74) is 3.29. The van der Waals surface area contributed by atoms with Crippen LogP contribution in [0.15, 0.2) is 66.7 Å². The highest BCUT2D eigenvalue weighted by Gasteiger charge is 2.35. The lowest BCUT2D eigenvalue weighted by Crippen LogP contribution is -2.33. The van der Waals surface area contributed by atoms with Gasteiger partial charge in [0.05, 0.1) is 12.8 Å². The summed E-state index contributed by atoms with van der Waals surface area (Å²) >= 11 is 5.96. The Labute approximate surface area is 209 Å². The van der Waals surface area contributed by atoms with Gasteiger partial charge in [0.2, 0.25) is 5.91 Å². The Hall–Kier alpha value is -3.38. The van der Waals surface area contributed by atoms with E-state index in [1.54, 1.807) is 29.2 Å². The molecule has 0 aromatic heterocycles. The van der Waals surface area contributed by atoms with Crippen molar-refractivity contribution in [1.82, 2.24) is 4.90 Å². The first-order valence-electron chi connectivity index (χ1n) is 11.5. The van der Waals surface area contributed by atoms with Gasteiger partial charge in [-0.05, 0) is 59.5 Å². The minimum absolute atomic E-state index is 0.126. The summed E-state index contributed by atoms with van der Waals surface area (Å²) in [6.45, 7) is 2.47. The minimum Gasteiger partial charge on any atom is -0.487 e. The van der Waals surface area contributed by atoms with Crippen LogP contribution in [0, 0.1) is 5.82 Å². The van der Waals surface area contributed by atoms with E-state index in [0.29, 0.717) is 24.4 Å². The highest BCUT2D eigenvalue weighted by Crippen LogP contribution is 2.37. The molecular weight excluding hydrogens is 469 g/mol. The van der Waals surface area contributed by atoms with Crippen molar-refractivity contribution in [1.29, 1.82) is 0 Å². The van der Waals surface area contributed by atoms with Crippen molar-refractivity contribution in [2.24, 2.45) is 0 Å². The van der Waals surface area contributed by atoms with Crippen molar-refractivity contribution in [3.05, 3.63) is 99.8 Å². The van der Waals surface area contributed by atoms with Crippen molar-refractivity contribution < 1.29 is 23.8 Å². The molecule has 1 atom stereocenters. The van der Waals surface area contributed by atoms with E-state index >= 15 is 0 Å². The fraction of sp³-hybridized carbons (Fsp3) is 0.286. The van der Waals surface area contributed by atoms with Crippen LogP contribution in [0.1, 0.15) is 35.6 Å². The van der Waals surface area contributed by atoms with Crippen LogP contribution in [0.25, 0.3) is 0 Å². The molecule has 1 N–H and O–H groups in total. The molecule has 0 spiro atoms. The SMILES string of the molecule is CC1(Cc2ccc(F)cc2)Cc2cc(CC(=O)N(CCC(=O)O)Cc3ccc(Cl)cc3)ccc2O1. The summed E-state index contributed by atoms with van der Waals surface area (Å²) in [6, 6.07) is 19.3. The molecule has 35 heavy (non-hydrogen) atoms. The monoisotopic (exact) mass is 495 g/mol. The molecule has 182 valence electrons. The standard InChI is InChI=1S/C28H27ClFNO4/c1-28(16-19-4-9-24(30)10-5-19)17-22-14-21(6-11-25(22)35-28)15-26(32)31(13-12-27(33)34)18-20-2-7-23(29)8-3-20/h2-11,14H,12-13,15-18H2,1H3,(H,33,34). The van der Waals surface area contributed by atoms with Crippen LogP contribution in [0.5, 0.6) is 5.75 Å². The zero-order chi connectivity index (χ0) is 25.0. The van der Waals surface area contributed by atoms with Crippen LogP contribution in [0.2, 0.25) is 5.02 Å². The third kappa shape index (κ3) is 6.61. The largest absolute Gasteiger partial charge is 0.487 e. The number of carbonyl (C=O) groups is 2. The lowest BCUT2D eigenvalue weighted by molar-refractivity contribution is -0.138. The second-order valence-electron chi connectivity index (χ2n) is 9.24. The van der Waals surface area contributed by atoms with Gasteiger partial charge in [-0.15, -0.1) is 0 Å². The van der Waals surface area contributed by atoms with E-state index in [9.17, 15) is 14.0 Å². The molecule has 3 aromatic carbocycles. The van der Waals surface area contributed by atoms with Gasteiger partial charge in [0, 0.05) is 31.0 Å². The Morgan fingerprint density at radius 2 is 1.69 bits per heavy atom. The van der Waals surface area contributed by atoms with Gasteiger partial charge in [-0.25, -0.2) is 4.39 Å². The Balaban J connectivity index is 1.44. The third-order valence-electron chi connectivity index (χ3n) is 6.13. The second-order valence-corrected chi connectivity index (χ2v) is 9.67. The maximum absolute atomic E-state index is 13.2. The Bertz CT molecular complexity index is 1210. The molecule has 3 aromatic rings. The molecule has 0 aliphatic carbocycles. The van der Waals surface area contributed by atoms with E-state index in [4.69, 9.17) is 21.4 Å². The third-order valence-corrected chi connectivity index (χ3v) is 6.38. The van der Waals surface area contributed by atoms with Crippen molar-refractivity contribution in [3.8, 4) is 5.75 Å².